The maximum absolute atomic E-state index is 12.9. The van der Waals surface area contributed by atoms with Crippen LogP contribution in [0.15, 0.2) is 18.2 Å². The van der Waals surface area contributed by atoms with Gasteiger partial charge in [-0.3, -0.25) is 4.79 Å². The number of benzene rings is 1. The average molecular weight is 337 g/mol. The topological polar surface area (TPSA) is 50.4 Å². The lowest BCUT2D eigenvalue weighted by atomic mass is 9.95. The molecule has 1 fully saturated rings. The Bertz CT molecular complexity index is 488. The lowest BCUT2D eigenvalue weighted by Crippen LogP contribution is -2.49. The van der Waals surface area contributed by atoms with Crippen LogP contribution in [0, 0.1) is 11.7 Å². The highest BCUT2D eigenvalue weighted by Crippen LogP contribution is 2.24. The molecule has 2 unspecified atom stereocenters. The number of carbonyl (C=O) groups excluding carboxylic acids is 1. The summed E-state index contributed by atoms with van der Waals surface area (Å²) >= 11 is 5.82. The highest BCUT2D eigenvalue weighted by molar-refractivity contribution is 6.32. The maximum atomic E-state index is 12.9. The van der Waals surface area contributed by atoms with Crippen molar-refractivity contribution >= 4 is 29.9 Å². The normalized spacial score (nSPS) is 21.3. The second-order valence-electron chi connectivity index (χ2n) is 5.01. The van der Waals surface area contributed by atoms with Gasteiger partial charge in [0.2, 0.25) is 0 Å². The van der Waals surface area contributed by atoms with E-state index >= 15 is 0 Å². The summed E-state index contributed by atoms with van der Waals surface area (Å²) in [5.41, 5.74) is 0. The zero-order valence-corrected chi connectivity index (χ0v) is 13.3. The Morgan fingerprint density at radius 3 is 3.00 bits per heavy atom. The Kier molecular flexibility index (Phi) is 7.22. The van der Waals surface area contributed by atoms with Crippen LogP contribution in [0.4, 0.5) is 4.39 Å². The zero-order chi connectivity index (χ0) is 14.5. The summed E-state index contributed by atoms with van der Waals surface area (Å²) < 4.78 is 18.2. The summed E-state index contributed by atoms with van der Waals surface area (Å²) in [5, 5.41) is 6.38. The van der Waals surface area contributed by atoms with Crippen LogP contribution in [0.3, 0.4) is 0 Å². The van der Waals surface area contributed by atoms with Crippen molar-refractivity contribution in [1.82, 2.24) is 10.6 Å². The summed E-state index contributed by atoms with van der Waals surface area (Å²) in [6.07, 6.45) is 0.907. The minimum Gasteiger partial charge on any atom is -0.482 e. The number of hydrogen-bond acceptors (Lipinski definition) is 3. The molecule has 1 aliphatic heterocycles. The van der Waals surface area contributed by atoms with Crippen molar-refractivity contribution in [2.75, 3.05) is 19.7 Å². The van der Waals surface area contributed by atoms with E-state index in [0.717, 1.165) is 25.6 Å². The standard InChI is InChI=1S/C14H18ClFN2O2.ClH/c1-9-7-17-5-4-12(9)18-14(19)8-20-13-3-2-10(16)6-11(13)15;/h2-3,6,9,12,17H,4-5,7-8H2,1H3,(H,18,19);1H. The number of hydrogen-bond donors (Lipinski definition) is 2. The highest BCUT2D eigenvalue weighted by atomic mass is 35.5. The molecule has 7 heteroatoms. The Hall–Kier alpha value is -1.04. The molecule has 0 aliphatic carbocycles. The molecule has 118 valence electrons. The monoisotopic (exact) mass is 336 g/mol. The molecule has 1 aliphatic rings. The van der Waals surface area contributed by atoms with Crippen LogP contribution in [0.1, 0.15) is 13.3 Å². The fraction of sp³-hybridized carbons (Fsp3) is 0.500. The van der Waals surface area contributed by atoms with E-state index in [1.807, 2.05) is 0 Å². The van der Waals surface area contributed by atoms with Gasteiger partial charge in [-0.2, -0.15) is 0 Å². The zero-order valence-electron chi connectivity index (χ0n) is 11.7. The number of ether oxygens (including phenoxy) is 1. The maximum Gasteiger partial charge on any atom is 0.258 e. The van der Waals surface area contributed by atoms with Crippen LogP contribution in [-0.4, -0.2) is 31.6 Å². The lowest BCUT2D eigenvalue weighted by molar-refractivity contribution is -0.124. The summed E-state index contributed by atoms with van der Waals surface area (Å²) in [6, 6.07) is 3.98. The summed E-state index contributed by atoms with van der Waals surface area (Å²) in [5.74, 6) is 0.0724. The molecule has 2 rings (SSSR count). The average Bonchev–Trinajstić information content (AvgIpc) is 2.40. The first-order valence-electron chi connectivity index (χ1n) is 6.64. The van der Waals surface area contributed by atoms with Gasteiger partial charge in [-0.1, -0.05) is 18.5 Å². The van der Waals surface area contributed by atoms with Crippen LogP contribution in [0.2, 0.25) is 5.02 Å². The van der Waals surface area contributed by atoms with Gasteiger partial charge in [-0.15, -0.1) is 12.4 Å². The van der Waals surface area contributed by atoms with Gasteiger partial charge < -0.3 is 15.4 Å². The number of amides is 1. The van der Waals surface area contributed by atoms with Gasteiger partial charge in [0.25, 0.3) is 5.91 Å². The van der Waals surface area contributed by atoms with E-state index in [9.17, 15) is 9.18 Å². The predicted octanol–water partition coefficient (Wildman–Crippen LogP) is 2.39. The van der Waals surface area contributed by atoms with E-state index in [2.05, 4.69) is 17.6 Å². The number of carbonyl (C=O) groups is 1. The highest BCUT2D eigenvalue weighted by Gasteiger charge is 2.22. The Balaban J connectivity index is 0.00000220. The van der Waals surface area contributed by atoms with Gasteiger partial charge in [-0.25, -0.2) is 4.39 Å². The van der Waals surface area contributed by atoms with Crippen molar-refractivity contribution in [2.24, 2.45) is 5.92 Å². The lowest BCUT2D eigenvalue weighted by Gasteiger charge is -2.30. The van der Waals surface area contributed by atoms with Gasteiger partial charge >= 0.3 is 0 Å². The van der Waals surface area contributed by atoms with Gasteiger partial charge in [-0.05, 0) is 43.6 Å². The molecule has 0 spiro atoms. The SMILES string of the molecule is CC1CNCCC1NC(=O)COc1ccc(F)cc1Cl.Cl. The van der Waals surface area contributed by atoms with Crippen molar-refractivity contribution in [3.05, 3.63) is 29.0 Å². The molecule has 0 radical (unpaired) electrons. The predicted molar refractivity (Wildman–Crippen MR) is 82.7 cm³/mol. The van der Waals surface area contributed by atoms with Crippen LogP contribution >= 0.6 is 24.0 Å². The Morgan fingerprint density at radius 1 is 1.57 bits per heavy atom. The van der Waals surface area contributed by atoms with Gasteiger partial charge in [0, 0.05) is 6.04 Å². The smallest absolute Gasteiger partial charge is 0.258 e. The number of halogens is 3. The quantitative estimate of drug-likeness (QED) is 0.887. The minimum atomic E-state index is -0.435. The third-order valence-corrected chi connectivity index (χ3v) is 3.68. The van der Waals surface area contributed by atoms with E-state index < -0.39 is 5.82 Å². The second kappa shape index (κ2) is 8.41. The van der Waals surface area contributed by atoms with Crippen LogP contribution < -0.4 is 15.4 Å². The van der Waals surface area contributed by atoms with E-state index in [1.165, 1.54) is 12.1 Å². The molecule has 1 aromatic carbocycles. The summed E-state index contributed by atoms with van der Waals surface area (Å²) in [7, 11) is 0. The first kappa shape index (κ1) is 18.0. The van der Waals surface area contributed by atoms with Crippen LogP contribution in [-0.2, 0) is 4.79 Å². The molecule has 2 atom stereocenters. The number of rotatable bonds is 4. The molecule has 21 heavy (non-hydrogen) atoms. The Labute approximate surface area is 134 Å². The number of nitrogens with one attached hydrogen (secondary N) is 2. The molecule has 0 saturated carbocycles. The molecule has 1 saturated heterocycles. The molecule has 1 aromatic rings. The van der Waals surface area contributed by atoms with Crippen molar-refractivity contribution in [2.45, 2.75) is 19.4 Å². The third-order valence-electron chi connectivity index (χ3n) is 3.38. The van der Waals surface area contributed by atoms with Crippen molar-refractivity contribution in [3.63, 3.8) is 0 Å². The molecule has 1 amide bonds. The fourth-order valence-electron chi connectivity index (χ4n) is 2.21. The van der Waals surface area contributed by atoms with Crippen molar-refractivity contribution in [3.8, 4) is 5.75 Å². The van der Waals surface area contributed by atoms with E-state index in [-0.39, 0.29) is 36.0 Å². The first-order valence-corrected chi connectivity index (χ1v) is 7.02. The molecular weight excluding hydrogens is 318 g/mol. The number of piperidine rings is 1. The molecule has 0 bridgehead atoms. The van der Waals surface area contributed by atoms with Crippen molar-refractivity contribution < 1.29 is 13.9 Å². The minimum absolute atomic E-state index is 0. The van der Waals surface area contributed by atoms with Gasteiger partial charge in [0.05, 0.1) is 5.02 Å². The molecule has 4 nitrogen and oxygen atoms in total. The first-order chi connectivity index (χ1) is 9.56. The summed E-state index contributed by atoms with van der Waals surface area (Å²) in [6.45, 7) is 3.77. The van der Waals surface area contributed by atoms with Gasteiger partial charge in [0.15, 0.2) is 6.61 Å². The second-order valence-corrected chi connectivity index (χ2v) is 5.41. The van der Waals surface area contributed by atoms with Crippen molar-refractivity contribution in [1.29, 1.82) is 0 Å². The van der Waals surface area contributed by atoms with E-state index in [4.69, 9.17) is 16.3 Å². The molecular formula is C14H19Cl2FN2O2. The Morgan fingerprint density at radius 2 is 2.33 bits per heavy atom. The van der Waals surface area contributed by atoms with E-state index in [0.29, 0.717) is 11.7 Å². The summed E-state index contributed by atoms with van der Waals surface area (Å²) in [4.78, 5) is 11.8. The fourth-order valence-corrected chi connectivity index (χ4v) is 2.43. The van der Waals surface area contributed by atoms with E-state index in [1.54, 1.807) is 0 Å². The third kappa shape index (κ3) is 5.34. The molecule has 2 N–H and O–H groups in total. The van der Waals surface area contributed by atoms with Crippen LogP contribution in [0.5, 0.6) is 5.75 Å². The van der Waals surface area contributed by atoms with Crippen LogP contribution in [0.25, 0.3) is 0 Å². The van der Waals surface area contributed by atoms with Gasteiger partial charge in [0.1, 0.15) is 11.6 Å². The largest absolute Gasteiger partial charge is 0.482 e. The molecule has 1 heterocycles. The molecule has 0 aromatic heterocycles.